The van der Waals surface area contributed by atoms with E-state index in [-0.39, 0.29) is 30.2 Å². The number of hydrogen-bond acceptors (Lipinski definition) is 6. The third kappa shape index (κ3) is 5.03. The molecule has 0 aliphatic heterocycles. The molecule has 148 valence electrons. The number of nitro groups is 1. The molecule has 0 N–H and O–H groups in total. The molecule has 8 nitrogen and oxygen atoms in total. The second-order valence-corrected chi connectivity index (χ2v) is 5.56. The van der Waals surface area contributed by atoms with Gasteiger partial charge >= 0.3 is 11.7 Å². The maximum Gasteiger partial charge on any atom is 0.338 e. The third-order valence-electron chi connectivity index (χ3n) is 3.77. The molecular weight excluding hydrogens is 371 g/mol. The number of esters is 1. The quantitative estimate of drug-likeness (QED) is 0.389. The number of nitrogens with zero attached hydrogens (tertiary/aromatic N) is 2. The third-order valence-corrected chi connectivity index (χ3v) is 3.77. The molecule has 0 aromatic heterocycles. The largest absolute Gasteiger partial charge is 0.487 e. The fourth-order valence-corrected chi connectivity index (χ4v) is 2.48. The highest BCUT2D eigenvalue weighted by Gasteiger charge is 2.21. The number of hydrogen-bond donors (Lipinski definition) is 0. The molecule has 2 rings (SSSR count). The smallest absolute Gasteiger partial charge is 0.338 e. The van der Waals surface area contributed by atoms with Crippen molar-refractivity contribution in [1.82, 2.24) is 0 Å². The van der Waals surface area contributed by atoms with E-state index in [1.54, 1.807) is 13.8 Å². The molecule has 0 saturated heterocycles. The molecule has 0 spiro atoms. The first-order chi connectivity index (χ1) is 13.4. The van der Waals surface area contributed by atoms with Gasteiger partial charge in [-0.2, -0.15) is 0 Å². The normalized spacial score (nSPS) is 10.2. The lowest BCUT2D eigenvalue weighted by Crippen LogP contribution is -2.34. The number of anilines is 1. The maximum absolute atomic E-state index is 13.0. The summed E-state index contributed by atoms with van der Waals surface area (Å²) in [6.07, 6.45) is 0. The summed E-state index contributed by atoms with van der Waals surface area (Å²) in [5.41, 5.74) is 0.0126. The van der Waals surface area contributed by atoms with Gasteiger partial charge < -0.3 is 14.4 Å². The van der Waals surface area contributed by atoms with Crippen LogP contribution in [-0.4, -0.2) is 36.6 Å². The van der Waals surface area contributed by atoms with E-state index in [1.807, 2.05) is 0 Å². The van der Waals surface area contributed by atoms with Crippen molar-refractivity contribution >= 4 is 23.3 Å². The van der Waals surface area contributed by atoms with Crippen LogP contribution in [0.4, 0.5) is 15.8 Å². The van der Waals surface area contributed by atoms with Crippen molar-refractivity contribution in [3.05, 3.63) is 64.0 Å². The Balaban J connectivity index is 2.08. The van der Waals surface area contributed by atoms with Crippen LogP contribution in [0.1, 0.15) is 24.2 Å². The predicted octanol–water partition coefficient (Wildman–Crippen LogP) is 3.34. The molecule has 0 unspecified atom stereocenters. The summed E-state index contributed by atoms with van der Waals surface area (Å²) >= 11 is 0. The van der Waals surface area contributed by atoms with Gasteiger partial charge in [0.2, 0.25) is 0 Å². The fourth-order valence-electron chi connectivity index (χ4n) is 2.48. The van der Waals surface area contributed by atoms with Gasteiger partial charge in [-0.1, -0.05) is 0 Å². The Morgan fingerprint density at radius 1 is 1.14 bits per heavy atom. The monoisotopic (exact) mass is 390 g/mol. The SMILES string of the molecule is CCOc1ccc(C(=O)OCC(=O)N(CC)c2ccc(F)cc2)cc1[N+](=O)[O-]. The number of halogens is 1. The minimum Gasteiger partial charge on any atom is -0.487 e. The van der Waals surface area contributed by atoms with Crippen LogP contribution in [0.3, 0.4) is 0 Å². The molecule has 0 aliphatic carbocycles. The van der Waals surface area contributed by atoms with Crippen LogP contribution in [-0.2, 0) is 9.53 Å². The second-order valence-electron chi connectivity index (χ2n) is 5.56. The van der Waals surface area contributed by atoms with Crippen molar-refractivity contribution in [1.29, 1.82) is 0 Å². The van der Waals surface area contributed by atoms with Gasteiger partial charge in [-0.05, 0) is 50.2 Å². The molecule has 0 heterocycles. The summed E-state index contributed by atoms with van der Waals surface area (Å²) in [6.45, 7) is 3.36. The van der Waals surface area contributed by atoms with Crippen molar-refractivity contribution in [3.8, 4) is 5.75 Å². The first-order valence-electron chi connectivity index (χ1n) is 8.51. The van der Waals surface area contributed by atoms with Crippen LogP contribution in [0.15, 0.2) is 42.5 Å². The van der Waals surface area contributed by atoms with E-state index in [9.17, 15) is 24.1 Å². The first-order valence-corrected chi connectivity index (χ1v) is 8.51. The van der Waals surface area contributed by atoms with E-state index in [1.165, 1.54) is 41.3 Å². The Bertz CT molecular complexity index is 869. The fraction of sp³-hybridized carbons (Fsp3) is 0.263. The van der Waals surface area contributed by atoms with Crippen molar-refractivity contribution < 1.29 is 28.4 Å². The van der Waals surface area contributed by atoms with Crippen molar-refractivity contribution in [2.45, 2.75) is 13.8 Å². The van der Waals surface area contributed by atoms with Crippen LogP contribution in [0.2, 0.25) is 0 Å². The number of likely N-dealkylation sites (N-methyl/N-ethyl adjacent to an activating group) is 1. The highest BCUT2D eigenvalue weighted by Crippen LogP contribution is 2.28. The Labute approximate surface area is 160 Å². The highest BCUT2D eigenvalue weighted by atomic mass is 19.1. The molecule has 0 radical (unpaired) electrons. The zero-order chi connectivity index (χ0) is 20.7. The predicted molar refractivity (Wildman–Crippen MR) is 99.0 cm³/mol. The molecule has 0 aliphatic rings. The molecule has 28 heavy (non-hydrogen) atoms. The Hall–Kier alpha value is -3.49. The Morgan fingerprint density at radius 2 is 1.82 bits per heavy atom. The zero-order valence-electron chi connectivity index (χ0n) is 15.4. The van der Waals surface area contributed by atoms with Crippen LogP contribution >= 0.6 is 0 Å². The minimum atomic E-state index is -0.880. The van der Waals surface area contributed by atoms with Crippen LogP contribution in [0.25, 0.3) is 0 Å². The molecular formula is C19H19FN2O6. The molecule has 1 amide bonds. The Morgan fingerprint density at radius 3 is 2.39 bits per heavy atom. The van der Waals surface area contributed by atoms with Gasteiger partial charge in [0.05, 0.1) is 17.1 Å². The highest BCUT2D eigenvalue weighted by molar-refractivity contribution is 5.97. The summed E-state index contributed by atoms with van der Waals surface area (Å²) in [5, 5.41) is 11.1. The lowest BCUT2D eigenvalue weighted by Gasteiger charge is -2.20. The molecule has 2 aromatic carbocycles. The van der Waals surface area contributed by atoms with E-state index in [4.69, 9.17) is 9.47 Å². The van der Waals surface area contributed by atoms with Gasteiger partial charge in [0, 0.05) is 18.3 Å². The van der Waals surface area contributed by atoms with Gasteiger partial charge in [0.1, 0.15) is 5.82 Å². The van der Waals surface area contributed by atoms with Crippen LogP contribution < -0.4 is 9.64 Å². The molecule has 9 heteroatoms. The average molecular weight is 390 g/mol. The number of ether oxygens (including phenoxy) is 2. The number of amides is 1. The molecule has 0 saturated carbocycles. The molecule has 0 bridgehead atoms. The van der Waals surface area contributed by atoms with Crippen molar-refractivity contribution in [2.24, 2.45) is 0 Å². The van der Waals surface area contributed by atoms with Crippen LogP contribution in [0.5, 0.6) is 5.75 Å². The zero-order valence-corrected chi connectivity index (χ0v) is 15.4. The number of rotatable bonds is 8. The van der Waals surface area contributed by atoms with E-state index >= 15 is 0 Å². The first kappa shape index (κ1) is 20.8. The number of carbonyl (C=O) groups is 2. The lowest BCUT2D eigenvalue weighted by atomic mass is 10.2. The molecule has 0 atom stereocenters. The van der Waals surface area contributed by atoms with Gasteiger partial charge in [0.25, 0.3) is 5.91 Å². The van der Waals surface area contributed by atoms with Gasteiger partial charge in [0.15, 0.2) is 12.4 Å². The summed E-state index contributed by atoms with van der Waals surface area (Å²) in [4.78, 5) is 36.3. The minimum absolute atomic E-state index is 0.0357. The second kappa shape index (κ2) is 9.45. The molecule has 2 aromatic rings. The topological polar surface area (TPSA) is 99.0 Å². The number of nitro benzene ring substituents is 1. The average Bonchev–Trinajstić information content (AvgIpc) is 2.68. The Kier molecular flexibility index (Phi) is 7.02. The van der Waals surface area contributed by atoms with E-state index < -0.39 is 29.2 Å². The van der Waals surface area contributed by atoms with Gasteiger partial charge in [-0.15, -0.1) is 0 Å². The number of benzene rings is 2. The van der Waals surface area contributed by atoms with Crippen LogP contribution in [0, 0.1) is 15.9 Å². The van der Waals surface area contributed by atoms with Gasteiger partial charge in [-0.3, -0.25) is 14.9 Å². The lowest BCUT2D eigenvalue weighted by molar-refractivity contribution is -0.385. The van der Waals surface area contributed by atoms with E-state index in [0.717, 1.165) is 6.07 Å². The van der Waals surface area contributed by atoms with E-state index in [0.29, 0.717) is 5.69 Å². The summed E-state index contributed by atoms with van der Waals surface area (Å²) in [6, 6.07) is 8.98. The van der Waals surface area contributed by atoms with Gasteiger partial charge in [-0.25, -0.2) is 9.18 Å². The summed E-state index contributed by atoms with van der Waals surface area (Å²) in [7, 11) is 0. The van der Waals surface area contributed by atoms with Crippen molar-refractivity contribution in [2.75, 3.05) is 24.7 Å². The molecule has 0 fully saturated rings. The van der Waals surface area contributed by atoms with E-state index in [2.05, 4.69) is 0 Å². The maximum atomic E-state index is 13.0. The van der Waals surface area contributed by atoms with Crippen molar-refractivity contribution in [3.63, 3.8) is 0 Å². The summed E-state index contributed by atoms with van der Waals surface area (Å²) < 4.78 is 23.2. The number of carbonyl (C=O) groups excluding carboxylic acids is 2. The standard InChI is InChI=1S/C19H19FN2O6/c1-3-21(15-8-6-14(20)7-9-15)18(23)12-28-19(24)13-5-10-17(27-4-2)16(11-13)22(25)26/h5-11H,3-4,12H2,1-2H3. The summed E-state index contributed by atoms with van der Waals surface area (Å²) in [5.74, 6) is -1.79.